The molecule has 0 aliphatic heterocycles. The normalized spacial score (nSPS) is 11.7. The molecule has 0 saturated carbocycles. The van der Waals surface area contributed by atoms with Crippen LogP contribution in [0.15, 0.2) is 41.4 Å². The molecule has 0 fully saturated rings. The van der Waals surface area contributed by atoms with Crippen molar-refractivity contribution in [2.45, 2.75) is 39.0 Å². The molecule has 22 heavy (non-hydrogen) atoms. The molecular formula is C17H22N2O2S. The fourth-order valence-corrected chi connectivity index (χ4v) is 3.51. The number of hydrogen-bond acceptors (Lipinski definition) is 3. The van der Waals surface area contributed by atoms with Crippen molar-refractivity contribution in [3.05, 3.63) is 53.3 Å². The Kier molecular flexibility index (Phi) is 4.86. The van der Waals surface area contributed by atoms with E-state index in [4.69, 9.17) is 0 Å². The maximum absolute atomic E-state index is 12.5. The van der Waals surface area contributed by atoms with E-state index in [9.17, 15) is 8.42 Å². The van der Waals surface area contributed by atoms with Crippen LogP contribution in [-0.4, -0.2) is 13.4 Å². The molecule has 0 atom stereocenters. The smallest absolute Gasteiger partial charge is 0.261 e. The second-order valence-corrected chi connectivity index (χ2v) is 7.62. The van der Waals surface area contributed by atoms with Gasteiger partial charge in [-0.15, -0.1) is 0 Å². The first-order valence-corrected chi connectivity index (χ1v) is 8.82. The standard InChI is InChI=1S/C17H22N2O2S/c1-12(2)11-15-5-7-16(8-6-15)22(20,21)19-17-13(3)9-10-18-14(17)4/h5-10,12,19H,11H2,1-4H3. The van der Waals surface area contributed by atoms with E-state index in [0.717, 1.165) is 17.5 Å². The van der Waals surface area contributed by atoms with E-state index in [-0.39, 0.29) is 4.90 Å². The number of pyridine rings is 1. The van der Waals surface area contributed by atoms with Gasteiger partial charge in [-0.25, -0.2) is 8.42 Å². The number of nitrogens with zero attached hydrogens (tertiary/aromatic N) is 1. The molecule has 1 aromatic heterocycles. The third kappa shape index (κ3) is 3.85. The van der Waals surface area contributed by atoms with Gasteiger partial charge in [-0.1, -0.05) is 26.0 Å². The summed E-state index contributed by atoms with van der Waals surface area (Å²) in [6.45, 7) is 7.93. The SMILES string of the molecule is Cc1ccnc(C)c1NS(=O)(=O)c1ccc(CC(C)C)cc1. The predicted molar refractivity (Wildman–Crippen MR) is 89.5 cm³/mol. The topological polar surface area (TPSA) is 59.1 Å². The minimum Gasteiger partial charge on any atom is -0.278 e. The van der Waals surface area contributed by atoms with Crippen LogP contribution in [0.25, 0.3) is 0 Å². The Bertz CT molecular complexity index is 730. The Hall–Kier alpha value is -1.88. The van der Waals surface area contributed by atoms with Crippen molar-refractivity contribution in [2.24, 2.45) is 5.92 Å². The molecule has 0 saturated heterocycles. The van der Waals surface area contributed by atoms with Gasteiger partial charge < -0.3 is 0 Å². The second-order valence-electron chi connectivity index (χ2n) is 5.94. The first-order chi connectivity index (χ1) is 10.3. The van der Waals surface area contributed by atoms with Crippen molar-refractivity contribution in [3.63, 3.8) is 0 Å². The Morgan fingerprint density at radius 3 is 2.27 bits per heavy atom. The lowest BCUT2D eigenvalue weighted by molar-refractivity contribution is 0.601. The monoisotopic (exact) mass is 318 g/mol. The molecule has 5 heteroatoms. The van der Waals surface area contributed by atoms with Gasteiger partial charge in [0.1, 0.15) is 0 Å². The van der Waals surface area contributed by atoms with Crippen molar-refractivity contribution in [3.8, 4) is 0 Å². The Morgan fingerprint density at radius 2 is 1.73 bits per heavy atom. The number of sulfonamides is 1. The van der Waals surface area contributed by atoms with Crippen LogP contribution in [0, 0.1) is 19.8 Å². The molecule has 0 spiro atoms. The van der Waals surface area contributed by atoms with Crippen molar-refractivity contribution < 1.29 is 8.42 Å². The zero-order valence-electron chi connectivity index (χ0n) is 13.4. The first-order valence-electron chi connectivity index (χ1n) is 7.33. The van der Waals surface area contributed by atoms with E-state index in [1.807, 2.05) is 19.1 Å². The van der Waals surface area contributed by atoms with Crippen LogP contribution in [0.5, 0.6) is 0 Å². The van der Waals surface area contributed by atoms with Crippen LogP contribution in [0.3, 0.4) is 0 Å². The highest BCUT2D eigenvalue weighted by Gasteiger charge is 2.16. The van der Waals surface area contributed by atoms with Crippen LogP contribution in [0.4, 0.5) is 5.69 Å². The number of nitrogens with one attached hydrogen (secondary N) is 1. The molecule has 1 N–H and O–H groups in total. The molecule has 0 aliphatic carbocycles. The number of benzene rings is 1. The Morgan fingerprint density at radius 1 is 1.09 bits per heavy atom. The molecule has 0 radical (unpaired) electrons. The lowest BCUT2D eigenvalue weighted by Crippen LogP contribution is -2.15. The van der Waals surface area contributed by atoms with Gasteiger partial charge in [-0.3, -0.25) is 9.71 Å². The van der Waals surface area contributed by atoms with Crippen LogP contribution in [0.1, 0.15) is 30.7 Å². The maximum Gasteiger partial charge on any atom is 0.261 e. The summed E-state index contributed by atoms with van der Waals surface area (Å²) >= 11 is 0. The molecule has 0 aliphatic rings. The molecule has 4 nitrogen and oxygen atoms in total. The Balaban J connectivity index is 2.27. The zero-order chi connectivity index (χ0) is 16.3. The van der Waals surface area contributed by atoms with E-state index < -0.39 is 10.0 Å². The van der Waals surface area contributed by atoms with E-state index in [0.29, 0.717) is 17.3 Å². The summed E-state index contributed by atoms with van der Waals surface area (Å²) in [6.07, 6.45) is 2.61. The lowest BCUT2D eigenvalue weighted by atomic mass is 10.0. The molecule has 0 amide bonds. The fraction of sp³-hybridized carbons (Fsp3) is 0.353. The number of rotatable bonds is 5. The highest BCUT2D eigenvalue weighted by atomic mass is 32.2. The third-order valence-corrected chi connectivity index (χ3v) is 4.83. The third-order valence-electron chi connectivity index (χ3n) is 3.46. The van der Waals surface area contributed by atoms with Gasteiger partial charge in [0.05, 0.1) is 16.3 Å². The molecule has 0 bridgehead atoms. The average Bonchev–Trinajstić information content (AvgIpc) is 2.43. The van der Waals surface area contributed by atoms with Crippen LogP contribution < -0.4 is 4.72 Å². The molecule has 2 rings (SSSR count). The number of aromatic nitrogens is 1. The summed E-state index contributed by atoms with van der Waals surface area (Å²) in [7, 11) is -3.59. The van der Waals surface area contributed by atoms with Gasteiger partial charge in [-0.05, 0) is 55.5 Å². The predicted octanol–water partition coefficient (Wildman–Crippen LogP) is 3.70. The van der Waals surface area contributed by atoms with Gasteiger partial charge in [0.15, 0.2) is 0 Å². The van der Waals surface area contributed by atoms with E-state index in [2.05, 4.69) is 23.6 Å². The van der Waals surface area contributed by atoms with E-state index >= 15 is 0 Å². The van der Waals surface area contributed by atoms with E-state index in [1.165, 1.54) is 0 Å². The van der Waals surface area contributed by atoms with Crippen molar-refractivity contribution in [1.29, 1.82) is 0 Å². The summed E-state index contributed by atoms with van der Waals surface area (Å²) in [5.74, 6) is 0.543. The minimum absolute atomic E-state index is 0.266. The second kappa shape index (κ2) is 6.48. The largest absolute Gasteiger partial charge is 0.278 e. The highest BCUT2D eigenvalue weighted by Crippen LogP contribution is 2.22. The summed E-state index contributed by atoms with van der Waals surface area (Å²) in [6, 6.07) is 8.84. The molecular weight excluding hydrogens is 296 g/mol. The number of anilines is 1. The van der Waals surface area contributed by atoms with Crippen molar-refractivity contribution >= 4 is 15.7 Å². The summed E-state index contributed by atoms with van der Waals surface area (Å²) in [5.41, 5.74) is 3.21. The van der Waals surface area contributed by atoms with Crippen molar-refractivity contribution in [2.75, 3.05) is 4.72 Å². The van der Waals surface area contributed by atoms with E-state index in [1.54, 1.807) is 31.3 Å². The zero-order valence-corrected chi connectivity index (χ0v) is 14.2. The molecule has 0 unspecified atom stereocenters. The number of aryl methyl sites for hydroxylation is 2. The van der Waals surface area contributed by atoms with Gasteiger partial charge in [0, 0.05) is 6.20 Å². The van der Waals surface area contributed by atoms with Gasteiger partial charge >= 0.3 is 0 Å². The molecule has 118 valence electrons. The Labute approximate surface area is 132 Å². The summed E-state index contributed by atoms with van der Waals surface area (Å²) in [5, 5.41) is 0. The fourth-order valence-electron chi connectivity index (χ4n) is 2.32. The number of hydrogen-bond donors (Lipinski definition) is 1. The maximum atomic E-state index is 12.5. The lowest BCUT2D eigenvalue weighted by Gasteiger charge is -2.13. The van der Waals surface area contributed by atoms with Gasteiger partial charge in [-0.2, -0.15) is 0 Å². The molecule has 1 aromatic carbocycles. The highest BCUT2D eigenvalue weighted by molar-refractivity contribution is 7.92. The quantitative estimate of drug-likeness (QED) is 0.914. The first kappa shape index (κ1) is 16.5. The van der Waals surface area contributed by atoms with Gasteiger partial charge in [0.25, 0.3) is 10.0 Å². The van der Waals surface area contributed by atoms with Crippen LogP contribution in [-0.2, 0) is 16.4 Å². The summed E-state index contributed by atoms with van der Waals surface area (Å²) in [4.78, 5) is 4.40. The van der Waals surface area contributed by atoms with Crippen LogP contribution in [0.2, 0.25) is 0 Å². The molecule has 2 aromatic rings. The van der Waals surface area contributed by atoms with Gasteiger partial charge in [0.2, 0.25) is 0 Å². The van der Waals surface area contributed by atoms with Crippen molar-refractivity contribution in [1.82, 2.24) is 4.98 Å². The minimum atomic E-state index is -3.59. The van der Waals surface area contributed by atoms with Crippen LogP contribution >= 0.6 is 0 Å². The molecule has 1 heterocycles. The summed E-state index contributed by atoms with van der Waals surface area (Å²) < 4.78 is 27.6. The average molecular weight is 318 g/mol.